The van der Waals surface area contributed by atoms with Gasteiger partial charge in [0.2, 0.25) is 5.75 Å². The van der Waals surface area contributed by atoms with Gasteiger partial charge >= 0.3 is 0 Å². The lowest BCUT2D eigenvalue weighted by molar-refractivity contribution is 0.0953. The van der Waals surface area contributed by atoms with E-state index in [1.807, 2.05) is 0 Å². The molecule has 9 nitrogen and oxygen atoms in total. The van der Waals surface area contributed by atoms with Gasteiger partial charge in [-0.3, -0.25) is 14.9 Å². The molecule has 0 unspecified atom stereocenters. The Balaban J connectivity index is 1.59. The molecule has 0 aliphatic heterocycles. The van der Waals surface area contributed by atoms with Crippen LogP contribution in [0.15, 0.2) is 42.7 Å². The van der Waals surface area contributed by atoms with Gasteiger partial charge in [0.1, 0.15) is 18.1 Å². The molecule has 3 rings (SSSR count). The second kappa shape index (κ2) is 10.5. The molecule has 0 aliphatic rings. The van der Waals surface area contributed by atoms with Crippen LogP contribution in [0.4, 0.5) is 0 Å². The molecule has 9 heteroatoms. The molecular weight excluding hydrogens is 400 g/mol. The van der Waals surface area contributed by atoms with Gasteiger partial charge < -0.3 is 24.3 Å². The number of H-pyrrole nitrogens is 1. The summed E-state index contributed by atoms with van der Waals surface area (Å²) in [6, 6.07) is 8.72. The van der Waals surface area contributed by atoms with Crippen molar-refractivity contribution in [3.63, 3.8) is 0 Å². The number of hydrogen-bond donors (Lipinski definition) is 2. The number of methoxy groups -OCH3 is 3. The van der Waals surface area contributed by atoms with Crippen LogP contribution in [0.2, 0.25) is 0 Å². The fourth-order valence-corrected chi connectivity index (χ4v) is 2.70. The average Bonchev–Trinajstić information content (AvgIpc) is 3.31. The lowest BCUT2D eigenvalue weighted by atomic mass is 10.1. The predicted molar refractivity (Wildman–Crippen MR) is 114 cm³/mol. The fourth-order valence-electron chi connectivity index (χ4n) is 2.70. The topological polar surface area (TPSA) is 108 Å². The number of nitrogens with one attached hydrogen (secondary N) is 2. The molecule has 2 heterocycles. The molecule has 0 atom stereocenters. The number of carbonyl (C=O) groups excluding carboxylic acids is 1. The first kappa shape index (κ1) is 21.5. The molecule has 1 aromatic carbocycles. The molecule has 1 amide bonds. The molecule has 160 valence electrons. The third-order valence-corrected chi connectivity index (χ3v) is 4.19. The molecule has 31 heavy (non-hydrogen) atoms. The summed E-state index contributed by atoms with van der Waals surface area (Å²) in [4.78, 5) is 16.3. The van der Waals surface area contributed by atoms with Crippen LogP contribution < -0.4 is 24.3 Å². The molecule has 2 aromatic heterocycles. The Morgan fingerprint density at radius 2 is 1.87 bits per heavy atom. The minimum absolute atomic E-state index is 0.174. The SMILES string of the molecule is COc1cc(-c2cc(C(=O)NCC#CCOc3cccnc3)[nH]n2)cc(OC)c1OC. The summed E-state index contributed by atoms with van der Waals surface area (Å²) in [6.07, 6.45) is 3.27. The highest BCUT2D eigenvalue weighted by molar-refractivity contribution is 5.93. The van der Waals surface area contributed by atoms with Crippen LogP contribution in [0, 0.1) is 11.8 Å². The summed E-state index contributed by atoms with van der Waals surface area (Å²) < 4.78 is 21.4. The van der Waals surface area contributed by atoms with Crippen molar-refractivity contribution in [2.24, 2.45) is 0 Å². The highest BCUT2D eigenvalue weighted by Crippen LogP contribution is 2.40. The summed E-state index contributed by atoms with van der Waals surface area (Å²) in [5.41, 5.74) is 1.56. The van der Waals surface area contributed by atoms with Gasteiger partial charge in [0.05, 0.1) is 39.8 Å². The number of amides is 1. The summed E-state index contributed by atoms with van der Waals surface area (Å²) in [6.45, 7) is 0.380. The maximum atomic E-state index is 12.3. The van der Waals surface area contributed by atoms with Crippen molar-refractivity contribution in [2.75, 3.05) is 34.5 Å². The van der Waals surface area contributed by atoms with Gasteiger partial charge in [-0.25, -0.2) is 0 Å². The zero-order chi connectivity index (χ0) is 22.1. The molecular formula is C22H22N4O5. The number of aromatic nitrogens is 3. The third kappa shape index (κ3) is 5.45. The molecule has 3 aromatic rings. The first-order valence-corrected chi connectivity index (χ1v) is 9.28. The Hall–Kier alpha value is -4.19. The molecule has 0 aliphatic carbocycles. The van der Waals surface area contributed by atoms with Crippen molar-refractivity contribution in [3.8, 4) is 46.1 Å². The van der Waals surface area contributed by atoms with Crippen LogP contribution in [0.25, 0.3) is 11.3 Å². The molecule has 0 fully saturated rings. The van der Waals surface area contributed by atoms with E-state index in [2.05, 4.69) is 32.3 Å². The smallest absolute Gasteiger partial charge is 0.270 e. The van der Waals surface area contributed by atoms with Gasteiger partial charge in [-0.2, -0.15) is 5.10 Å². The fraction of sp³-hybridized carbons (Fsp3) is 0.227. The maximum absolute atomic E-state index is 12.3. The van der Waals surface area contributed by atoms with E-state index < -0.39 is 0 Å². The lowest BCUT2D eigenvalue weighted by Crippen LogP contribution is -2.24. The van der Waals surface area contributed by atoms with E-state index in [4.69, 9.17) is 18.9 Å². The molecule has 0 spiro atoms. The number of benzene rings is 1. The molecule has 0 saturated carbocycles. The van der Waals surface area contributed by atoms with Gasteiger partial charge in [0.15, 0.2) is 11.5 Å². The van der Waals surface area contributed by atoms with E-state index in [0.29, 0.717) is 39.9 Å². The van der Waals surface area contributed by atoms with Crippen molar-refractivity contribution < 1.29 is 23.7 Å². The van der Waals surface area contributed by atoms with Crippen molar-refractivity contribution in [1.29, 1.82) is 0 Å². The third-order valence-electron chi connectivity index (χ3n) is 4.19. The number of aromatic amines is 1. The molecule has 0 bridgehead atoms. The van der Waals surface area contributed by atoms with Crippen LogP contribution in [0.1, 0.15) is 10.5 Å². The van der Waals surface area contributed by atoms with Gasteiger partial charge in [-0.1, -0.05) is 11.8 Å². The van der Waals surface area contributed by atoms with E-state index >= 15 is 0 Å². The highest BCUT2D eigenvalue weighted by atomic mass is 16.5. The zero-order valence-corrected chi connectivity index (χ0v) is 17.4. The van der Waals surface area contributed by atoms with E-state index in [0.717, 1.165) is 0 Å². The van der Waals surface area contributed by atoms with E-state index in [1.54, 1.807) is 42.7 Å². The second-order valence-corrected chi connectivity index (χ2v) is 6.09. The van der Waals surface area contributed by atoms with Gasteiger partial charge in [-0.15, -0.1) is 0 Å². The predicted octanol–water partition coefficient (Wildman–Crippen LogP) is 2.31. The Morgan fingerprint density at radius 3 is 2.52 bits per heavy atom. The number of ether oxygens (including phenoxy) is 4. The quantitative estimate of drug-likeness (QED) is 0.537. The minimum Gasteiger partial charge on any atom is -0.493 e. The zero-order valence-electron chi connectivity index (χ0n) is 17.4. The number of pyridine rings is 1. The summed E-state index contributed by atoms with van der Waals surface area (Å²) in [5.74, 6) is 7.44. The second-order valence-electron chi connectivity index (χ2n) is 6.09. The van der Waals surface area contributed by atoms with E-state index in [9.17, 15) is 4.79 Å². The van der Waals surface area contributed by atoms with Crippen LogP contribution >= 0.6 is 0 Å². The number of carbonyl (C=O) groups is 1. The molecule has 2 N–H and O–H groups in total. The molecule has 0 radical (unpaired) electrons. The highest BCUT2D eigenvalue weighted by Gasteiger charge is 2.17. The van der Waals surface area contributed by atoms with Crippen molar-refractivity contribution in [1.82, 2.24) is 20.5 Å². The average molecular weight is 422 g/mol. The largest absolute Gasteiger partial charge is 0.493 e. The van der Waals surface area contributed by atoms with Crippen LogP contribution in [-0.2, 0) is 0 Å². The first-order valence-electron chi connectivity index (χ1n) is 9.28. The standard InChI is InChI=1S/C22H22N4O5/c1-28-19-11-15(12-20(29-2)21(19)30-3)17-13-18(26-25-17)22(27)24-9-4-5-10-31-16-7-6-8-23-14-16/h6-8,11-14H,9-10H2,1-3H3,(H,24,27)(H,25,26). The van der Waals surface area contributed by atoms with Crippen molar-refractivity contribution >= 4 is 5.91 Å². The van der Waals surface area contributed by atoms with Crippen molar-refractivity contribution in [2.45, 2.75) is 0 Å². The normalized spacial score (nSPS) is 9.90. The van der Waals surface area contributed by atoms with Crippen LogP contribution in [0.5, 0.6) is 23.0 Å². The summed E-state index contributed by atoms with van der Waals surface area (Å²) >= 11 is 0. The summed E-state index contributed by atoms with van der Waals surface area (Å²) in [7, 11) is 4.60. The van der Waals surface area contributed by atoms with Gasteiger partial charge in [0, 0.05) is 11.8 Å². The van der Waals surface area contributed by atoms with E-state index in [1.165, 1.54) is 21.3 Å². The van der Waals surface area contributed by atoms with Gasteiger partial charge in [0.25, 0.3) is 5.91 Å². The Bertz CT molecular complexity index is 1060. The minimum atomic E-state index is -0.325. The van der Waals surface area contributed by atoms with E-state index in [-0.39, 0.29) is 19.1 Å². The van der Waals surface area contributed by atoms with Crippen LogP contribution in [0.3, 0.4) is 0 Å². The Morgan fingerprint density at radius 1 is 1.10 bits per heavy atom. The number of hydrogen-bond acceptors (Lipinski definition) is 7. The Kier molecular flexibility index (Phi) is 7.32. The number of rotatable bonds is 8. The maximum Gasteiger partial charge on any atom is 0.270 e. The Labute approximate surface area is 179 Å². The monoisotopic (exact) mass is 422 g/mol. The summed E-state index contributed by atoms with van der Waals surface area (Å²) in [5, 5.41) is 9.64. The number of nitrogens with zero attached hydrogens (tertiary/aromatic N) is 2. The first-order chi connectivity index (χ1) is 15.2. The van der Waals surface area contributed by atoms with Crippen LogP contribution in [-0.4, -0.2) is 55.6 Å². The van der Waals surface area contributed by atoms with Crippen molar-refractivity contribution in [3.05, 3.63) is 48.4 Å². The molecule has 0 saturated heterocycles. The lowest BCUT2D eigenvalue weighted by Gasteiger charge is -2.13. The van der Waals surface area contributed by atoms with Gasteiger partial charge in [-0.05, 0) is 30.3 Å².